The van der Waals surface area contributed by atoms with Gasteiger partial charge in [0.15, 0.2) is 0 Å². The highest BCUT2D eigenvalue weighted by molar-refractivity contribution is 7.89. The summed E-state index contributed by atoms with van der Waals surface area (Å²) in [6.07, 6.45) is 1.28. The minimum absolute atomic E-state index is 0.0488. The molecule has 0 spiro atoms. The number of aromatic nitrogens is 3. The summed E-state index contributed by atoms with van der Waals surface area (Å²) < 4.78 is 27.0. The van der Waals surface area contributed by atoms with Crippen LogP contribution in [0.2, 0.25) is 10.0 Å². The van der Waals surface area contributed by atoms with E-state index in [4.69, 9.17) is 28.9 Å². The summed E-state index contributed by atoms with van der Waals surface area (Å²) in [7, 11) is -3.92. The van der Waals surface area contributed by atoms with Crippen molar-refractivity contribution in [2.75, 3.05) is 5.73 Å². The van der Waals surface area contributed by atoms with Gasteiger partial charge in [0.1, 0.15) is 17.0 Å². The van der Waals surface area contributed by atoms with Gasteiger partial charge >= 0.3 is 0 Å². The first-order valence-electron chi connectivity index (χ1n) is 5.43. The zero-order valence-corrected chi connectivity index (χ0v) is 12.6. The van der Waals surface area contributed by atoms with Crippen LogP contribution in [0.3, 0.4) is 0 Å². The van der Waals surface area contributed by atoms with Crippen molar-refractivity contribution in [3.05, 3.63) is 34.3 Å². The number of nitrogens with one attached hydrogen (secondary N) is 2. The lowest BCUT2D eigenvalue weighted by molar-refractivity contribution is 0.560. The molecule has 1 aromatic heterocycles. The Hall–Kier alpha value is -1.35. The van der Waals surface area contributed by atoms with Gasteiger partial charge in [-0.05, 0) is 19.1 Å². The predicted molar refractivity (Wildman–Crippen MR) is 76.0 cm³/mol. The molecular formula is C10H11Cl2N5O2S. The monoisotopic (exact) mass is 335 g/mol. The highest BCUT2D eigenvalue weighted by Gasteiger charge is 2.25. The number of H-pyrrole nitrogens is 1. The number of sulfonamides is 1. The highest BCUT2D eigenvalue weighted by atomic mass is 35.5. The molecule has 1 atom stereocenters. The Labute approximate surface area is 125 Å². The Morgan fingerprint density at radius 3 is 2.45 bits per heavy atom. The van der Waals surface area contributed by atoms with Crippen molar-refractivity contribution in [3.63, 3.8) is 0 Å². The minimum Gasteiger partial charge on any atom is -0.399 e. The second kappa shape index (κ2) is 5.57. The normalized spacial score (nSPS) is 13.3. The van der Waals surface area contributed by atoms with Crippen LogP contribution in [0.15, 0.2) is 23.4 Å². The molecule has 0 fully saturated rings. The van der Waals surface area contributed by atoms with Crippen LogP contribution >= 0.6 is 23.2 Å². The first-order chi connectivity index (χ1) is 9.31. The van der Waals surface area contributed by atoms with Gasteiger partial charge in [0.25, 0.3) is 0 Å². The van der Waals surface area contributed by atoms with E-state index >= 15 is 0 Å². The molecule has 0 amide bonds. The molecule has 0 aliphatic rings. The number of aromatic amines is 1. The van der Waals surface area contributed by atoms with E-state index in [0.717, 1.165) is 0 Å². The molecule has 0 saturated heterocycles. The van der Waals surface area contributed by atoms with Crippen LogP contribution in [-0.2, 0) is 10.0 Å². The van der Waals surface area contributed by atoms with Gasteiger partial charge in [-0.3, -0.25) is 5.10 Å². The number of hydrogen-bond donors (Lipinski definition) is 3. The first-order valence-corrected chi connectivity index (χ1v) is 7.67. The number of nitrogens with two attached hydrogens (primary N) is 1. The molecule has 1 unspecified atom stereocenters. The van der Waals surface area contributed by atoms with Crippen molar-refractivity contribution in [3.8, 4) is 0 Å². The smallest absolute Gasteiger partial charge is 0.244 e. The number of nitrogens with zero attached hydrogens (tertiary/aromatic N) is 2. The molecule has 0 radical (unpaired) electrons. The third kappa shape index (κ3) is 3.04. The molecule has 2 aromatic rings. The molecule has 2 rings (SSSR count). The standard InChI is InChI=1S/C10H11Cl2N5O2S/c1-5(10-14-4-15-16-10)17-20(18,19)9-7(11)2-6(13)3-8(9)12/h2-5,17H,13H2,1H3,(H,14,15,16). The Morgan fingerprint density at radius 1 is 1.35 bits per heavy atom. The Balaban J connectivity index is 2.37. The predicted octanol–water partition coefficient (Wildman–Crippen LogP) is 1.73. The third-order valence-corrected chi connectivity index (χ3v) is 4.93. The second-order valence-electron chi connectivity index (χ2n) is 4.03. The van der Waals surface area contributed by atoms with E-state index in [1.165, 1.54) is 18.5 Å². The van der Waals surface area contributed by atoms with Gasteiger partial charge in [0.2, 0.25) is 10.0 Å². The minimum atomic E-state index is -3.92. The van der Waals surface area contributed by atoms with E-state index in [1.807, 2.05) is 0 Å². The number of halogens is 2. The Morgan fingerprint density at radius 2 is 1.95 bits per heavy atom. The Kier molecular flexibility index (Phi) is 4.19. The van der Waals surface area contributed by atoms with Gasteiger partial charge in [-0.1, -0.05) is 23.2 Å². The fraction of sp³-hybridized carbons (Fsp3) is 0.200. The van der Waals surface area contributed by atoms with E-state index in [0.29, 0.717) is 5.82 Å². The van der Waals surface area contributed by atoms with Crippen LogP contribution < -0.4 is 10.5 Å². The molecular weight excluding hydrogens is 325 g/mol. The molecule has 1 aromatic carbocycles. The molecule has 7 nitrogen and oxygen atoms in total. The van der Waals surface area contributed by atoms with E-state index in [-0.39, 0.29) is 20.6 Å². The van der Waals surface area contributed by atoms with E-state index in [9.17, 15) is 8.42 Å². The lowest BCUT2D eigenvalue weighted by Crippen LogP contribution is -2.28. The molecule has 4 N–H and O–H groups in total. The summed E-state index contributed by atoms with van der Waals surface area (Å²) in [5.74, 6) is 0.372. The number of anilines is 1. The first kappa shape index (κ1) is 15.0. The van der Waals surface area contributed by atoms with Gasteiger partial charge in [-0.15, -0.1) is 0 Å². The largest absolute Gasteiger partial charge is 0.399 e. The molecule has 108 valence electrons. The molecule has 0 aliphatic carbocycles. The van der Waals surface area contributed by atoms with Crippen LogP contribution in [-0.4, -0.2) is 23.6 Å². The molecule has 0 bridgehead atoms. The zero-order valence-electron chi connectivity index (χ0n) is 10.3. The van der Waals surface area contributed by atoms with Gasteiger partial charge in [-0.2, -0.15) is 5.10 Å². The van der Waals surface area contributed by atoms with E-state index in [1.54, 1.807) is 6.92 Å². The van der Waals surface area contributed by atoms with Crippen molar-refractivity contribution in [2.24, 2.45) is 0 Å². The quantitative estimate of drug-likeness (QED) is 0.736. The summed E-state index contributed by atoms with van der Waals surface area (Å²) in [4.78, 5) is 3.65. The van der Waals surface area contributed by atoms with Crippen LogP contribution in [0, 0.1) is 0 Å². The van der Waals surface area contributed by atoms with E-state index < -0.39 is 16.1 Å². The molecule has 10 heteroatoms. The number of hydrogen-bond acceptors (Lipinski definition) is 5. The fourth-order valence-electron chi connectivity index (χ4n) is 1.61. The van der Waals surface area contributed by atoms with Crippen molar-refractivity contribution in [1.82, 2.24) is 19.9 Å². The van der Waals surface area contributed by atoms with Gasteiger partial charge in [-0.25, -0.2) is 18.1 Å². The van der Waals surface area contributed by atoms with Crippen molar-refractivity contribution >= 4 is 38.9 Å². The average Bonchev–Trinajstić information content (AvgIpc) is 2.78. The summed E-state index contributed by atoms with van der Waals surface area (Å²) in [6, 6.07) is 2.02. The number of nitrogen functional groups attached to an aromatic ring is 1. The number of benzene rings is 1. The molecule has 20 heavy (non-hydrogen) atoms. The van der Waals surface area contributed by atoms with Crippen LogP contribution in [0.4, 0.5) is 5.69 Å². The SMILES string of the molecule is CC(NS(=O)(=O)c1c(Cl)cc(N)cc1Cl)c1ncn[nH]1. The summed E-state index contributed by atoms with van der Waals surface area (Å²) in [5.41, 5.74) is 5.82. The topological polar surface area (TPSA) is 114 Å². The molecule has 1 heterocycles. The van der Waals surface area contributed by atoms with Gasteiger partial charge in [0, 0.05) is 5.69 Å². The zero-order chi connectivity index (χ0) is 14.9. The van der Waals surface area contributed by atoms with Crippen molar-refractivity contribution in [2.45, 2.75) is 17.9 Å². The van der Waals surface area contributed by atoms with E-state index in [2.05, 4.69) is 19.9 Å². The second-order valence-corrected chi connectivity index (χ2v) is 6.49. The maximum Gasteiger partial charge on any atom is 0.244 e. The lowest BCUT2D eigenvalue weighted by atomic mass is 10.3. The van der Waals surface area contributed by atoms with Crippen LogP contribution in [0.5, 0.6) is 0 Å². The fourth-order valence-corrected chi connectivity index (χ4v) is 4.05. The van der Waals surface area contributed by atoms with Crippen molar-refractivity contribution in [1.29, 1.82) is 0 Å². The van der Waals surface area contributed by atoms with Gasteiger partial charge in [0.05, 0.1) is 16.1 Å². The molecule has 0 saturated carbocycles. The maximum absolute atomic E-state index is 12.3. The maximum atomic E-state index is 12.3. The highest BCUT2D eigenvalue weighted by Crippen LogP contribution is 2.32. The summed E-state index contributed by atoms with van der Waals surface area (Å²) in [5, 5.41) is 6.13. The van der Waals surface area contributed by atoms with Crippen LogP contribution in [0.1, 0.15) is 18.8 Å². The van der Waals surface area contributed by atoms with Crippen molar-refractivity contribution < 1.29 is 8.42 Å². The molecule has 0 aliphatic heterocycles. The Bertz CT molecular complexity index is 694. The average molecular weight is 336 g/mol. The van der Waals surface area contributed by atoms with Gasteiger partial charge < -0.3 is 5.73 Å². The summed E-state index contributed by atoms with van der Waals surface area (Å²) >= 11 is 11.8. The number of rotatable bonds is 4. The summed E-state index contributed by atoms with van der Waals surface area (Å²) in [6.45, 7) is 1.61. The third-order valence-electron chi connectivity index (χ3n) is 2.47. The van der Waals surface area contributed by atoms with Crippen LogP contribution in [0.25, 0.3) is 0 Å². The lowest BCUT2D eigenvalue weighted by Gasteiger charge is -2.14.